The Balaban J connectivity index is 3.75. The molecule has 2 atom stereocenters. The molecular formula is C9H18FNO2. The highest BCUT2D eigenvalue weighted by Crippen LogP contribution is 2.17. The lowest BCUT2D eigenvalue weighted by Gasteiger charge is -2.16. The normalized spacial score (nSPS) is 15.3. The first-order valence-electron chi connectivity index (χ1n) is 4.58. The number of carboxylic acid groups (broad SMARTS) is 1. The van der Waals surface area contributed by atoms with Crippen LogP contribution in [0.15, 0.2) is 0 Å². The Hall–Kier alpha value is -0.640. The van der Waals surface area contributed by atoms with Gasteiger partial charge in [-0.1, -0.05) is 6.92 Å². The molecule has 0 aliphatic heterocycles. The van der Waals surface area contributed by atoms with Crippen molar-refractivity contribution in [2.75, 3.05) is 13.2 Å². The number of carboxylic acids is 1. The first-order valence-corrected chi connectivity index (χ1v) is 4.58. The number of hydrogen-bond donors (Lipinski definition) is 2. The third kappa shape index (κ3) is 6.51. The van der Waals surface area contributed by atoms with Crippen LogP contribution in [0.4, 0.5) is 4.39 Å². The summed E-state index contributed by atoms with van der Waals surface area (Å²) in [4.78, 5) is 10.4. The van der Waals surface area contributed by atoms with Crippen molar-refractivity contribution in [1.82, 2.24) is 0 Å². The molecule has 78 valence electrons. The molecule has 0 rings (SSSR count). The average Bonchev–Trinajstić information content (AvgIpc) is 2.02. The highest BCUT2D eigenvalue weighted by atomic mass is 19.1. The van der Waals surface area contributed by atoms with Gasteiger partial charge in [-0.2, -0.15) is 0 Å². The Kier molecular flexibility index (Phi) is 6.49. The molecule has 0 radical (unpaired) electrons. The van der Waals surface area contributed by atoms with E-state index in [1.165, 1.54) is 0 Å². The van der Waals surface area contributed by atoms with Crippen LogP contribution in [0.1, 0.15) is 26.2 Å². The van der Waals surface area contributed by atoms with Crippen molar-refractivity contribution >= 4 is 5.97 Å². The number of nitrogens with two attached hydrogens (primary N) is 1. The van der Waals surface area contributed by atoms with E-state index in [-0.39, 0.29) is 24.9 Å². The molecule has 0 amide bonds. The molecule has 0 aromatic heterocycles. The predicted molar refractivity (Wildman–Crippen MR) is 49.2 cm³/mol. The summed E-state index contributed by atoms with van der Waals surface area (Å²) in [6, 6.07) is 0. The number of carbonyl (C=O) groups is 1. The standard InChI is InChI=1S/C9H18FNO2/c1-7(2-3-10)4-8(6-11)5-9(12)13/h7-8H,2-6,11H2,1H3,(H,12,13)/t7-,8+/m1/s1. The van der Waals surface area contributed by atoms with Crippen molar-refractivity contribution in [2.24, 2.45) is 17.6 Å². The quantitative estimate of drug-likeness (QED) is 0.639. The molecule has 0 fully saturated rings. The lowest BCUT2D eigenvalue weighted by molar-refractivity contribution is -0.138. The summed E-state index contributed by atoms with van der Waals surface area (Å²) < 4.78 is 11.9. The molecule has 0 unspecified atom stereocenters. The lowest BCUT2D eigenvalue weighted by atomic mass is 9.91. The van der Waals surface area contributed by atoms with Crippen LogP contribution < -0.4 is 5.73 Å². The third-order valence-electron chi connectivity index (χ3n) is 2.13. The zero-order chi connectivity index (χ0) is 10.3. The van der Waals surface area contributed by atoms with E-state index in [0.29, 0.717) is 19.4 Å². The topological polar surface area (TPSA) is 63.3 Å². The Labute approximate surface area is 78.1 Å². The van der Waals surface area contributed by atoms with Crippen LogP contribution in [-0.4, -0.2) is 24.3 Å². The van der Waals surface area contributed by atoms with Gasteiger partial charge in [-0.15, -0.1) is 0 Å². The van der Waals surface area contributed by atoms with Crippen LogP contribution in [0.25, 0.3) is 0 Å². The summed E-state index contributed by atoms with van der Waals surface area (Å²) in [5.74, 6) is -0.625. The molecule has 0 aromatic carbocycles. The Morgan fingerprint density at radius 3 is 2.62 bits per heavy atom. The molecule has 4 heteroatoms. The van der Waals surface area contributed by atoms with Crippen LogP contribution in [-0.2, 0) is 4.79 Å². The van der Waals surface area contributed by atoms with E-state index < -0.39 is 5.97 Å². The van der Waals surface area contributed by atoms with Crippen molar-refractivity contribution in [3.63, 3.8) is 0 Å². The molecule has 0 heterocycles. The van der Waals surface area contributed by atoms with E-state index in [1.807, 2.05) is 6.92 Å². The fourth-order valence-electron chi connectivity index (χ4n) is 1.38. The van der Waals surface area contributed by atoms with Gasteiger partial charge in [0.2, 0.25) is 0 Å². The van der Waals surface area contributed by atoms with Gasteiger partial charge in [0, 0.05) is 6.42 Å². The molecule has 3 nitrogen and oxygen atoms in total. The molecule has 0 aliphatic rings. The number of hydrogen-bond acceptors (Lipinski definition) is 2. The maximum Gasteiger partial charge on any atom is 0.303 e. The first kappa shape index (κ1) is 12.4. The van der Waals surface area contributed by atoms with E-state index in [0.717, 1.165) is 0 Å². The summed E-state index contributed by atoms with van der Waals surface area (Å²) in [7, 11) is 0. The molecule has 0 aromatic rings. The minimum absolute atomic E-state index is 0.0148. The van der Waals surface area contributed by atoms with Crippen molar-refractivity contribution in [2.45, 2.75) is 26.2 Å². The summed E-state index contributed by atoms with van der Waals surface area (Å²) in [6.07, 6.45) is 1.29. The largest absolute Gasteiger partial charge is 0.481 e. The monoisotopic (exact) mass is 191 g/mol. The molecule has 3 N–H and O–H groups in total. The van der Waals surface area contributed by atoms with Crippen molar-refractivity contribution < 1.29 is 14.3 Å². The van der Waals surface area contributed by atoms with Gasteiger partial charge in [0.1, 0.15) is 0 Å². The fraction of sp³-hybridized carbons (Fsp3) is 0.889. The van der Waals surface area contributed by atoms with Crippen molar-refractivity contribution in [1.29, 1.82) is 0 Å². The van der Waals surface area contributed by atoms with Crippen molar-refractivity contribution in [3.05, 3.63) is 0 Å². The minimum atomic E-state index is -0.831. The Morgan fingerprint density at radius 2 is 2.23 bits per heavy atom. The molecule has 0 saturated heterocycles. The maximum absolute atomic E-state index is 11.9. The maximum atomic E-state index is 11.9. The van der Waals surface area contributed by atoms with Gasteiger partial charge in [-0.05, 0) is 31.2 Å². The number of halogens is 1. The third-order valence-corrected chi connectivity index (χ3v) is 2.13. The first-order chi connectivity index (χ1) is 6.10. The van der Waals surface area contributed by atoms with Crippen LogP contribution >= 0.6 is 0 Å². The van der Waals surface area contributed by atoms with E-state index in [4.69, 9.17) is 10.8 Å². The second-order valence-corrected chi connectivity index (χ2v) is 3.52. The minimum Gasteiger partial charge on any atom is -0.481 e. The number of rotatable bonds is 7. The van der Waals surface area contributed by atoms with Gasteiger partial charge in [0.25, 0.3) is 0 Å². The molecule has 0 bridgehead atoms. The van der Waals surface area contributed by atoms with E-state index in [9.17, 15) is 9.18 Å². The average molecular weight is 191 g/mol. The molecule has 0 saturated carbocycles. The van der Waals surface area contributed by atoms with Gasteiger partial charge in [0.05, 0.1) is 6.67 Å². The van der Waals surface area contributed by atoms with Crippen LogP contribution in [0.5, 0.6) is 0 Å². The van der Waals surface area contributed by atoms with E-state index >= 15 is 0 Å². The predicted octanol–water partition coefficient (Wildman–Crippen LogP) is 1.42. The van der Waals surface area contributed by atoms with Crippen LogP contribution in [0.2, 0.25) is 0 Å². The smallest absolute Gasteiger partial charge is 0.303 e. The summed E-state index contributed by atoms with van der Waals surface area (Å²) >= 11 is 0. The second-order valence-electron chi connectivity index (χ2n) is 3.52. The van der Waals surface area contributed by atoms with Crippen LogP contribution in [0.3, 0.4) is 0 Å². The highest BCUT2D eigenvalue weighted by molar-refractivity contribution is 5.67. The van der Waals surface area contributed by atoms with Gasteiger partial charge in [-0.3, -0.25) is 9.18 Å². The molecule has 0 aliphatic carbocycles. The SMILES string of the molecule is C[C@H](CCF)C[C@H](CN)CC(=O)O. The summed E-state index contributed by atoms with van der Waals surface area (Å²) in [6.45, 7) is 1.94. The number of alkyl halides is 1. The van der Waals surface area contributed by atoms with Gasteiger partial charge in [0.15, 0.2) is 0 Å². The highest BCUT2D eigenvalue weighted by Gasteiger charge is 2.14. The fourth-order valence-corrected chi connectivity index (χ4v) is 1.38. The molecular weight excluding hydrogens is 173 g/mol. The van der Waals surface area contributed by atoms with Gasteiger partial charge in [-0.25, -0.2) is 0 Å². The Morgan fingerprint density at radius 1 is 1.62 bits per heavy atom. The zero-order valence-corrected chi connectivity index (χ0v) is 8.00. The van der Waals surface area contributed by atoms with E-state index in [2.05, 4.69) is 0 Å². The zero-order valence-electron chi connectivity index (χ0n) is 8.00. The lowest BCUT2D eigenvalue weighted by Crippen LogP contribution is -2.20. The van der Waals surface area contributed by atoms with Crippen molar-refractivity contribution in [3.8, 4) is 0 Å². The van der Waals surface area contributed by atoms with Crippen LogP contribution in [0, 0.1) is 11.8 Å². The van der Waals surface area contributed by atoms with E-state index in [1.54, 1.807) is 0 Å². The summed E-state index contributed by atoms with van der Waals surface area (Å²) in [5, 5.41) is 8.53. The van der Waals surface area contributed by atoms with Gasteiger partial charge >= 0.3 is 5.97 Å². The molecule has 0 spiro atoms. The molecule has 13 heavy (non-hydrogen) atoms. The number of aliphatic carboxylic acids is 1. The Bertz CT molecular complexity index is 153. The summed E-state index contributed by atoms with van der Waals surface area (Å²) in [5.41, 5.74) is 5.41. The van der Waals surface area contributed by atoms with Gasteiger partial charge < -0.3 is 10.8 Å². The second kappa shape index (κ2) is 6.83.